The van der Waals surface area contributed by atoms with Crippen molar-refractivity contribution in [1.29, 1.82) is 0 Å². The van der Waals surface area contributed by atoms with E-state index in [4.69, 9.17) is 23.2 Å². The maximum absolute atomic E-state index is 13.0. The standard InChI is InChI=1S/C15H8Cl2F6N2O4S.Na/c16-8-2-1-6(14(18,19)20)3-10(8)24-13(26)25-11-4-7(15(21,22)23)9(17)5-12(11)30(27,28)29;/h1-5H,(H2,24,25,26)(H,27,28,29);/q;+1. The molecule has 0 saturated heterocycles. The molecule has 0 radical (unpaired) electrons. The number of benzene rings is 2. The van der Waals surface area contributed by atoms with Crippen molar-refractivity contribution in [2.45, 2.75) is 17.2 Å². The van der Waals surface area contributed by atoms with Crippen LogP contribution >= 0.6 is 23.2 Å². The average Bonchev–Trinajstić information content (AvgIpc) is 2.55. The summed E-state index contributed by atoms with van der Waals surface area (Å²) < 4.78 is 109. The van der Waals surface area contributed by atoms with Crippen LogP contribution in [0.2, 0.25) is 10.0 Å². The number of alkyl halides is 6. The zero-order valence-corrected chi connectivity index (χ0v) is 19.3. The van der Waals surface area contributed by atoms with Crippen molar-refractivity contribution in [3.8, 4) is 0 Å². The second kappa shape index (κ2) is 9.73. The van der Waals surface area contributed by atoms with Crippen LogP contribution in [0, 0.1) is 0 Å². The number of amides is 2. The molecule has 164 valence electrons. The van der Waals surface area contributed by atoms with Crippen molar-refractivity contribution >= 4 is 50.7 Å². The molecule has 0 bridgehead atoms. The Hall–Kier alpha value is -1.22. The molecule has 0 unspecified atom stereocenters. The van der Waals surface area contributed by atoms with Crippen molar-refractivity contribution < 1.29 is 73.7 Å². The average molecular weight is 520 g/mol. The SMILES string of the molecule is O=C(Nc1cc(C(F)(F)F)ccc1Cl)Nc1cc(C(F)(F)F)c(Cl)cc1S(=O)(=O)O.[Na+]. The van der Waals surface area contributed by atoms with Gasteiger partial charge in [0.2, 0.25) is 0 Å². The first-order chi connectivity index (χ1) is 13.5. The Balaban J connectivity index is 0.00000480. The number of hydrogen-bond acceptors (Lipinski definition) is 3. The van der Waals surface area contributed by atoms with E-state index in [0.717, 1.165) is 6.07 Å². The van der Waals surface area contributed by atoms with E-state index in [2.05, 4.69) is 0 Å². The number of hydrogen-bond donors (Lipinski definition) is 3. The maximum Gasteiger partial charge on any atom is 1.00 e. The summed E-state index contributed by atoms with van der Waals surface area (Å²) in [6.07, 6.45) is -9.83. The van der Waals surface area contributed by atoms with Gasteiger partial charge in [0.15, 0.2) is 0 Å². The smallest absolute Gasteiger partial charge is 0.306 e. The molecule has 6 nitrogen and oxygen atoms in total. The Labute approximate surface area is 202 Å². The van der Waals surface area contributed by atoms with E-state index < -0.39 is 60.9 Å². The third-order valence-corrected chi connectivity index (χ3v) is 4.98. The molecule has 31 heavy (non-hydrogen) atoms. The van der Waals surface area contributed by atoms with Crippen LogP contribution in [0.15, 0.2) is 35.2 Å². The molecule has 2 aromatic carbocycles. The van der Waals surface area contributed by atoms with Crippen molar-refractivity contribution in [3.05, 3.63) is 51.5 Å². The van der Waals surface area contributed by atoms with Crippen LogP contribution < -0.4 is 40.2 Å². The minimum Gasteiger partial charge on any atom is -0.306 e. The van der Waals surface area contributed by atoms with Gasteiger partial charge < -0.3 is 10.6 Å². The van der Waals surface area contributed by atoms with Crippen LogP contribution in [0.3, 0.4) is 0 Å². The Kier molecular flexibility index (Phi) is 8.73. The summed E-state index contributed by atoms with van der Waals surface area (Å²) in [6, 6.07) is 0.834. The quantitative estimate of drug-likeness (QED) is 0.330. The molecule has 2 aromatic rings. The third-order valence-electron chi connectivity index (χ3n) is 3.44. The van der Waals surface area contributed by atoms with E-state index in [1.165, 1.54) is 0 Å². The minimum absolute atomic E-state index is 0. The normalized spacial score (nSPS) is 12.2. The van der Waals surface area contributed by atoms with Crippen LogP contribution in [0.4, 0.5) is 42.5 Å². The molecule has 2 rings (SSSR count). The number of carbonyl (C=O) groups excluding carboxylic acids is 1. The molecule has 0 aliphatic rings. The number of halogens is 8. The van der Waals surface area contributed by atoms with E-state index in [1.807, 2.05) is 5.32 Å². The molecule has 0 atom stereocenters. The largest absolute Gasteiger partial charge is 1.00 e. The monoisotopic (exact) mass is 519 g/mol. The van der Waals surface area contributed by atoms with Crippen molar-refractivity contribution in [2.24, 2.45) is 0 Å². The second-order valence-corrected chi connectivity index (χ2v) is 7.78. The summed E-state index contributed by atoms with van der Waals surface area (Å²) in [5, 5.41) is 2.12. The van der Waals surface area contributed by atoms with Gasteiger partial charge in [-0.15, -0.1) is 0 Å². The van der Waals surface area contributed by atoms with Crippen LogP contribution in [-0.2, 0) is 22.5 Å². The molecule has 0 aliphatic heterocycles. The van der Waals surface area contributed by atoms with Crippen LogP contribution in [-0.4, -0.2) is 19.0 Å². The van der Waals surface area contributed by atoms with Gasteiger partial charge in [-0.25, -0.2) is 4.79 Å². The number of anilines is 2. The fraction of sp³-hybridized carbons (Fsp3) is 0.133. The van der Waals surface area contributed by atoms with Gasteiger partial charge >= 0.3 is 47.9 Å². The van der Waals surface area contributed by atoms with Gasteiger partial charge in [-0.05, 0) is 30.3 Å². The Bertz CT molecular complexity index is 1110. The molecule has 0 saturated carbocycles. The Morgan fingerprint density at radius 1 is 0.871 bits per heavy atom. The summed E-state index contributed by atoms with van der Waals surface area (Å²) in [5.41, 5.74) is -4.33. The van der Waals surface area contributed by atoms with Gasteiger partial charge in [-0.1, -0.05) is 23.2 Å². The van der Waals surface area contributed by atoms with Gasteiger partial charge in [-0.3, -0.25) is 4.55 Å². The Morgan fingerprint density at radius 3 is 1.90 bits per heavy atom. The molecule has 16 heteroatoms. The summed E-state index contributed by atoms with van der Waals surface area (Å²) in [5.74, 6) is 0. The second-order valence-electron chi connectivity index (χ2n) is 5.57. The summed E-state index contributed by atoms with van der Waals surface area (Å²) in [4.78, 5) is 10.9. The predicted molar refractivity (Wildman–Crippen MR) is 95.4 cm³/mol. The third kappa shape index (κ3) is 7.14. The first kappa shape index (κ1) is 27.8. The van der Waals surface area contributed by atoms with E-state index in [9.17, 15) is 44.1 Å². The summed E-state index contributed by atoms with van der Waals surface area (Å²) >= 11 is 11.1. The van der Waals surface area contributed by atoms with Gasteiger partial charge in [0.1, 0.15) is 4.90 Å². The zero-order chi connectivity index (χ0) is 23.1. The fourth-order valence-electron chi connectivity index (χ4n) is 2.16. The summed E-state index contributed by atoms with van der Waals surface area (Å²) in [7, 11) is -5.14. The first-order valence-electron chi connectivity index (χ1n) is 7.33. The maximum atomic E-state index is 13.0. The molecule has 0 aromatic heterocycles. The van der Waals surface area contributed by atoms with Crippen molar-refractivity contribution in [2.75, 3.05) is 10.6 Å². The van der Waals surface area contributed by atoms with E-state index in [0.29, 0.717) is 12.1 Å². The first-order valence-corrected chi connectivity index (χ1v) is 9.52. The molecule has 3 N–H and O–H groups in total. The number of nitrogens with one attached hydrogen (secondary N) is 2. The van der Waals surface area contributed by atoms with Gasteiger partial charge in [-0.2, -0.15) is 34.8 Å². The molecular formula is C15H8Cl2F6N2NaO4S+. The van der Waals surface area contributed by atoms with E-state index >= 15 is 0 Å². The fourth-order valence-corrected chi connectivity index (χ4v) is 3.31. The Morgan fingerprint density at radius 2 is 1.42 bits per heavy atom. The molecule has 0 aliphatic carbocycles. The van der Waals surface area contributed by atoms with Gasteiger partial charge in [0.05, 0.1) is 32.5 Å². The predicted octanol–water partition coefficient (Wildman–Crippen LogP) is 2.93. The van der Waals surface area contributed by atoms with Crippen LogP contribution in [0.5, 0.6) is 0 Å². The topological polar surface area (TPSA) is 95.5 Å². The number of rotatable bonds is 3. The van der Waals surface area contributed by atoms with Gasteiger partial charge in [0.25, 0.3) is 10.1 Å². The summed E-state index contributed by atoms with van der Waals surface area (Å²) in [6.45, 7) is 0. The van der Waals surface area contributed by atoms with E-state index in [1.54, 1.807) is 5.32 Å². The van der Waals surface area contributed by atoms with Crippen molar-refractivity contribution in [3.63, 3.8) is 0 Å². The molecule has 0 heterocycles. The number of carbonyl (C=O) groups is 1. The molecule has 2 amide bonds. The molecule has 0 spiro atoms. The molecular weight excluding hydrogens is 512 g/mol. The minimum atomic E-state index is -5.14. The number of urea groups is 1. The van der Waals surface area contributed by atoms with E-state index in [-0.39, 0.29) is 46.7 Å². The van der Waals surface area contributed by atoms with Crippen molar-refractivity contribution in [1.82, 2.24) is 0 Å². The van der Waals surface area contributed by atoms with Crippen LogP contribution in [0.25, 0.3) is 0 Å². The zero-order valence-electron chi connectivity index (χ0n) is 15.0. The molecule has 0 fully saturated rings. The van der Waals surface area contributed by atoms with Gasteiger partial charge in [0, 0.05) is 0 Å². The van der Waals surface area contributed by atoms with Crippen LogP contribution in [0.1, 0.15) is 11.1 Å².